The fourth-order valence-corrected chi connectivity index (χ4v) is 12.8. The number of phosphoric acid groups is 2. The molecule has 3 N–H and O–H groups in total. The first-order chi connectivity index (χ1) is 44.9. The van der Waals surface area contributed by atoms with Crippen molar-refractivity contribution in [2.45, 2.75) is 400 Å². The number of phosphoric ester groups is 2. The Morgan fingerprint density at radius 3 is 0.763 bits per heavy atom. The van der Waals surface area contributed by atoms with Gasteiger partial charge in [-0.1, -0.05) is 330 Å². The van der Waals surface area contributed by atoms with Crippen molar-refractivity contribution in [3.63, 3.8) is 0 Å². The number of hydrogen-bond acceptors (Lipinski definition) is 15. The van der Waals surface area contributed by atoms with E-state index in [9.17, 15) is 43.2 Å². The lowest BCUT2D eigenvalue weighted by atomic mass is 9.99. The molecule has 0 amide bonds. The van der Waals surface area contributed by atoms with Gasteiger partial charge in [0.25, 0.3) is 0 Å². The van der Waals surface area contributed by atoms with Crippen LogP contribution >= 0.6 is 15.6 Å². The second-order valence-electron chi connectivity index (χ2n) is 27.2. The summed E-state index contributed by atoms with van der Waals surface area (Å²) in [6.45, 7) is 9.64. The Balaban J connectivity index is 5.27. The number of carbonyl (C=O) groups excluding carboxylic acids is 4. The summed E-state index contributed by atoms with van der Waals surface area (Å²) in [4.78, 5) is 72.8. The molecule has 7 atom stereocenters. The van der Waals surface area contributed by atoms with Crippen LogP contribution in [-0.4, -0.2) is 96.7 Å². The van der Waals surface area contributed by atoms with Gasteiger partial charge in [-0.2, -0.15) is 0 Å². The third-order valence-electron chi connectivity index (χ3n) is 17.9. The SMILES string of the molecule is CCCCCCCCCCCCCCCCC(=O)O[C@H](COC(=O)CCCCCCCCCCCCC)COP(=O)(O)OC[C@H](O)COP(=O)(O)OC[C@@H](COC(=O)CCCCCCCCCCCCC(C)CC)OC(=O)CCCCCCCCCCCCC(C)CC. The summed E-state index contributed by atoms with van der Waals surface area (Å²) in [5.41, 5.74) is 0. The van der Waals surface area contributed by atoms with Gasteiger partial charge < -0.3 is 33.8 Å². The predicted octanol–water partition coefficient (Wildman–Crippen LogP) is 21.6. The van der Waals surface area contributed by atoms with E-state index in [2.05, 4.69) is 41.5 Å². The zero-order chi connectivity index (χ0) is 68.6. The Morgan fingerprint density at radius 2 is 0.516 bits per heavy atom. The normalized spacial score (nSPS) is 14.6. The number of carbonyl (C=O) groups is 4. The molecule has 0 spiro atoms. The van der Waals surface area contributed by atoms with Crippen molar-refractivity contribution in [2.75, 3.05) is 39.6 Å². The summed E-state index contributed by atoms with van der Waals surface area (Å²) < 4.78 is 68.5. The molecule has 0 aliphatic carbocycles. The summed E-state index contributed by atoms with van der Waals surface area (Å²) in [5.74, 6) is -0.504. The number of unbranched alkanes of at least 4 members (excludes halogenated alkanes) is 41. The minimum Gasteiger partial charge on any atom is -0.462 e. The van der Waals surface area contributed by atoms with E-state index in [1.54, 1.807) is 0 Å². The van der Waals surface area contributed by atoms with Crippen LogP contribution in [0.4, 0.5) is 0 Å². The standard InChI is InChI=1S/C74H144O17P2/c1-7-11-13-15-17-19-21-22-23-25-34-40-46-52-58-73(78)90-69(62-84-71(76)56-50-44-38-32-24-20-18-16-14-12-8-2)64-88-92(80,81)86-60-68(75)61-87-93(82,83)89-65-70(91-74(79)59-53-47-41-35-29-27-31-37-43-49-55-67(6)10-4)63-85-72(77)57-51-45-39-33-28-26-30-36-42-48-54-66(5)9-3/h66-70,75H,7-65H2,1-6H3,(H,80,81)(H,82,83)/t66?,67?,68-,69+,70+/m0/s1. The van der Waals surface area contributed by atoms with Crippen molar-refractivity contribution in [3.05, 3.63) is 0 Å². The van der Waals surface area contributed by atoms with Crippen molar-refractivity contribution < 1.29 is 80.2 Å². The molecule has 0 fully saturated rings. The molecule has 0 heterocycles. The summed E-state index contributed by atoms with van der Waals surface area (Å²) in [6.07, 6.45) is 52.4. The van der Waals surface area contributed by atoms with E-state index >= 15 is 0 Å². The zero-order valence-corrected chi connectivity index (χ0v) is 62.3. The first-order valence-electron chi connectivity index (χ1n) is 38.6. The Bertz CT molecular complexity index is 1810. The maximum Gasteiger partial charge on any atom is 0.472 e. The Morgan fingerprint density at radius 1 is 0.301 bits per heavy atom. The maximum atomic E-state index is 13.1. The minimum absolute atomic E-state index is 0.106. The lowest BCUT2D eigenvalue weighted by Crippen LogP contribution is -2.30. The van der Waals surface area contributed by atoms with Crippen LogP contribution in [0.2, 0.25) is 0 Å². The van der Waals surface area contributed by atoms with Gasteiger partial charge in [-0.25, -0.2) is 9.13 Å². The second-order valence-corrected chi connectivity index (χ2v) is 30.1. The molecule has 0 aromatic carbocycles. The van der Waals surface area contributed by atoms with Gasteiger partial charge in [-0.15, -0.1) is 0 Å². The van der Waals surface area contributed by atoms with Gasteiger partial charge in [-0.05, 0) is 37.5 Å². The average molecular weight is 1370 g/mol. The summed E-state index contributed by atoms with van der Waals surface area (Å²) in [7, 11) is -9.91. The highest BCUT2D eigenvalue weighted by Gasteiger charge is 2.30. The highest BCUT2D eigenvalue weighted by atomic mass is 31.2. The lowest BCUT2D eigenvalue weighted by Gasteiger charge is -2.21. The molecule has 0 saturated carbocycles. The first-order valence-corrected chi connectivity index (χ1v) is 41.6. The molecule has 0 aliphatic heterocycles. The zero-order valence-electron chi connectivity index (χ0n) is 60.6. The van der Waals surface area contributed by atoms with E-state index < -0.39 is 97.5 Å². The molecule has 19 heteroatoms. The number of hydrogen-bond donors (Lipinski definition) is 3. The molecule has 4 unspecified atom stereocenters. The molecule has 0 aliphatic rings. The van der Waals surface area contributed by atoms with Gasteiger partial charge >= 0.3 is 39.5 Å². The van der Waals surface area contributed by atoms with E-state index in [0.29, 0.717) is 25.7 Å². The van der Waals surface area contributed by atoms with Crippen LogP contribution in [0.15, 0.2) is 0 Å². The van der Waals surface area contributed by atoms with Gasteiger partial charge in [-0.3, -0.25) is 37.3 Å². The van der Waals surface area contributed by atoms with E-state index in [1.165, 1.54) is 199 Å². The molecule has 17 nitrogen and oxygen atoms in total. The van der Waals surface area contributed by atoms with Crippen molar-refractivity contribution >= 4 is 39.5 Å². The van der Waals surface area contributed by atoms with Crippen LogP contribution in [0.3, 0.4) is 0 Å². The molecular formula is C74H144O17P2. The minimum atomic E-state index is -4.96. The highest BCUT2D eigenvalue weighted by Crippen LogP contribution is 2.45. The summed E-state index contributed by atoms with van der Waals surface area (Å²) in [6, 6.07) is 0. The summed E-state index contributed by atoms with van der Waals surface area (Å²) in [5, 5.41) is 10.6. The van der Waals surface area contributed by atoms with Gasteiger partial charge in [0.2, 0.25) is 0 Å². The Labute approximate surface area is 568 Å². The number of aliphatic hydroxyl groups excluding tert-OH is 1. The second kappa shape index (κ2) is 66.0. The molecular weight excluding hydrogens is 1220 g/mol. The van der Waals surface area contributed by atoms with E-state index in [1.807, 2.05) is 0 Å². The maximum absolute atomic E-state index is 13.1. The third kappa shape index (κ3) is 65.8. The monoisotopic (exact) mass is 1370 g/mol. The van der Waals surface area contributed by atoms with Gasteiger partial charge in [0, 0.05) is 25.7 Å². The van der Waals surface area contributed by atoms with Crippen LogP contribution in [0.25, 0.3) is 0 Å². The number of rotatable bonds is 73. The van der Waals surface area contributed by atoms with E-state index in [-0.39, 0.29) is 25.7 Å². The Hall–Kier alpha value is -1.94. The Kier molecular flexibility index (Phi) is 64.6. The number of esters is 4. The quantitative estimate of drug-likeness (QED) is 0.0222. The third-order valence-corrected chi connectivity index (χ3v) is 19.8. The summed E-state index contributed by atoms with van der Waals surface area (Å²) >= 11 is 0. The van der Waals surface area contributed by atoms with Gasteiger partial charge in [0.05, 0.1) is 26.4 Å². The molecule has 93 heavy (non-hydrogen) atoms. The molecule has 0 aromatic heterocycles. The van der Waals surface area contributed by atoms with E-state index in [4.69, 9.17) is 37.0 Å². The molecule has 0 rings (SSSR count). The largest absolute Gasteiger partial charge is 0.472 e. The van der Waals surface area contributed by atoms with Gasteiger partial charge in [0.1, 0.15) is 19.3 Å². The van der Waals surface area contributed by atoms with Crippen LogP contribution in [0.1, 0.15) is 382 Å². The molecule has 0 aromatic rings. The molecule has 552 valence electrons. The smallest absolute Gasteiger partial charge is 0.462 e. The van der Waals surface area contributed by atoms with Crippen LogP contribution in [0.5, 0.6) is 0 Å². The average Bonchev–Trinajstić information content (AvgIpc) is 1.74. The molecule has 0 bridgehead atoms. The highest BCUT2D eigenvalue weighted by molar-refractivity contribution is 7.47. The molecule has 0 radical (unpaired) electrons. The van der Waals surface area contributed by atoms with E-state index in [0.717, 1.165) is 102 Å². The first kappa shape index (κ1) is 91.1. The van der Waals surface area contributed by atoms with Crippen molar-refractivity contribution in [1.82, 2.24) is 0 Å². The van der Waals surface area contributed by atoms with Crippen molar-refractivity contribution in [3.8, 4) is 0 Å². The number of ether oxygens (including phenoxy) is 4. The molecule has 0 saturated heterocycles. The lowest BCUT2D eigenvalue weighted by molar-refractivity contribution is -0.161. The topological polar surface area (TPSA) is 237 Å². The van der Waals surface area contributed by atoms with Crippen LogP contribution < -0.4 is 0 Å². The number of aliphatic hydroxyl groups is 1. The van der Waals surface area contributed by atoms with Crippen LogP contribution in [-0.2, 0) is 65.4 Å². The van der Waals surface area contributed by atoms with Crippen LogP contribution in [0, 0.1) is 11.8 Å². The predicted molar refractivity (Wildman–Crippen MR) is 377 cm³/mol. The van der Waals surface area contributed by atoms with Gasteiger partial charge in [0.15, 0.2) is 12.2 Å². The fourth-order valence-electron chi connectivity index (χ4n) is 11.2. The van der Waals surface area contributed by atoms with Crippen molar-refractivity contribution in [1.29, 1.82) is 0 Å². The van der Waals surface area contributed by atoms with Crippen molar-refractivity contribution in [2.24, 2.45) is 11.8 Å². The fraction of sp³-hybridized carbons (Fsp3) is 0.946.